The lowest BCUT2D eigenvalue weighted by molar-refractivity contribution is 0.0967. The fraction of sp³-hybridized carbons (Fsp3) is 0.333. The molecule has 14 heavy (non-hydrogen) atoms. The van der Waals surface area contributed by atoms with Gasteiger partial charge in [-0.25, -0.2) is 0 Å². The Labute approximate surface area is 82.9 Å². The number of carbonyl (C=O) groups excluding carboxylic acids is 2. The minimum Gasteiger partial charge on any atom is -0.298 e. The zero-order valence-corrected chi connectivity index (χ0v) is 8.12. The van der Waals surface area contributed by atoms with Gasteiger partial charge in [0.2, 0.25) is 0 Å². The number of benzene rings is 1. The van der Waals surface area contributed by atoms with E-state index in [0.717, 1.165) is 30.3 Å². The van der Waals surface area contributed by atoms with Gasteiger partial charge >= 0.3 is 0 Å². The molecule has 0 N–H and O–H groups in total. The molecule has 0 atom stereocenters. The van der Waals surface area contributed by atoms with Crippen molar-refractivity contribution in [2.24, 2.45) is 5.92 Å². The van der Waals surface area contributed by atoms with Crippen LogP contribution in [0.3, 0.4) is 0 Å². The molecule has 0 aromatic heterocycles. The molecular formula is C12H12O2. The first-order valence-electron chi connectivity index (χ1n) is 4.82. The third-order valence-electron chi connectivity index (χ3n) is 2.61. The molecule has 2 rings (SSSR count). The molecule has 0 unspecified atom stereocenters. The summed E-state index contributed by atoms with van der Waals surface area (Å²) in [4.78, 5) is 22.3. The molecule has 1 saturated carbocycles. The molecule has 1 fully saturated rings. The first kappa shape index (κ1) is 9.13. The van der Waals surface area contributed by atoms with Crippen LogP contribution in [-0.4, -0.2) is 12.1 Å². The SMILES string of the molecule is Cc1ccc(C=O)cc1C(=O)C1CC1. The van der Waals surface area contributed by atoms with Crippen molar-refractivity contribution in [1.29, 1.82) is 0 Å². The van der Waals surface area contributed by atoms with Gasteiger partial charge in [-0.15, -0.1) is 0 Å². The molecule has 0 radical (unpaired) electrons. The summed E-state index contributed by atoms with van der Waals surface area (Å²) in [6.45, 7) is 1.91. The fourth-order valence-electron chi connectivity index (χ4n) is 1.54. The third kappa shape index (κ3) is 1.60. The number of hydrogen-bond acceptors (Lipinski definition) is 2. The highest BCUT2D eigenvalue weighted by Gasteiger charge is 2.31. The van der Waals surface area contributed by atoms with E-state index < -0.39 is 0 Å². The van der Waals surface area contributed by atoms with E-state index in [1.165, 1.54) is 0 Å². The normalized spacial score (nSPS) is 15.2. The maximum atomic E-state index is 11.8. The van der Waals surface area contributed by atoms with E-state index >= 15 is 0 Å². The van der Waals surface area contributed by atoms with Gasteiger partial charge in [-0.2, -0.15) is 0 Å². The Morgan fingerprint density at radius 3 is 2.71 bits per heavy atom. The average Bonchev–Trinajstić information content (AvgIpc) is 3.01. The average molecular weight is 188 g/mol. The topological polar surface area (TPSA) is 34.1 Å². The van der Waals surface area contributed by atoms with Crippen LogP contribution in [0.5, 0.6) is 0 Å². The second kappa shape index (κ2) is 3.37. The minimum atomic E-state index is 0.200. The van der Waals surface area contributed by atoms with Gasteiger partial charge in [-0.1, -0.05) is 12.1 Å². The Kier molecular flexibility index (Phi) is 2.20. The highest BCUT2D eigenvalue weighted by Crippen LogP contribution is 2.33. The van der Waals surface area contributed by atoms with Crippen molar-refractivity contribution < 1.29 is 9.59 Å². The van der Waals surface area contributed by atoms with Gasteiger partial charge in [-0.05, 0) is 31.4 Å². The minimum absolute atomic E-state index is 0.200. The molecule has 0 amide bonds. The number of Topliss-reactive ketones (excluding diaryl/α,β-unsaturated/α-hetero) is 1. The van der Waals surface area contributed by atoms with Gasteiger partial charge in [0.1, 0.15) is 6.29 Å². The molecule has 0 aliphatic heterocycles. The summed E-state index contributed by atoms with van der Waals surface area (Å²) < 4.78 is 0. The van der Waals surface area contributed by atoms with Crippen LogP contribution in [-0.2, 0) is 0 Å². The lowest BCUT2D eigenvalue weighted by Gasteiger charge is -2.04. The van der Waals surface area contributed by atoms with Gasteiger partial charge in [0.15, 0.2) is 5.78 Å². The maximum absolute atomic E-state index is 11.8. The van der Waals surface area contributed by atoms with Gasteiger partial charge in [0, 0.05) is 17.0 Å². The van der Waals surface area contributed by atoms with Gasteiger partial charge < -0.3 is 0 Å². The summed E-state index contributed by atoms with van der Waals surface area (Å²) in [5.41, 5.74) is 2.27. The summed E-state index contributed by atoms with van der Waals surface area (Å²) in [7, 11) is 0. The van der Waals surface area contributed by atoms with Crippen molar-refractivity contribution in [3.05, 3.63) is 34.9 Å². The van der Waals surface area contributed by atoms with E-state index in [2.05, 4.69) is 0 Å². The van der Waals surface area contributed by atoms with E-state index in [1.807, 2.05) is 13.0 Å². The summed E-state index contributed by atoms with van der Waals surface area (Å²) in [5, 5.41) is 0. The molecule has 0 bridgehead atoms. The highest BCUT2D eigenvalue weighted by atomic mass is 16.1. The lowest BCUT2D eigenvalue weighted by Crippen LogP contribution is -2.04. The van der Waals surface area contributed by atoms with Crippen LogP contribution in [0, 0.1) is 12.8 Å². The molecule has 0 spiro atoms. The zero-order chi connectivity index (χ0) is 10.1. The monoisotopic (exact) mass is 188 g/mol. The third-order valence-corrected chi connectivity index (χ3v) is 2.61. The van der Waals surface area contributed by atoms with Gasteiger partial charge in [-0.3, -0.25) is 9.59 Å². The smallest absolute Gasteiger partial charge is 0.166 e. The molecule has 1 aromatic rings. The van der Waals surface area contributed by atoms with Crippen LogP contribution in [0.1, 0.15) is 39.1 Å². The van der Waals surface area contributed by atoms with Crippen LogP contribution in [0.15, 0.2) is 18.2 Å². The van der Waals surface area contributed by atoms with Crippen LogP contribution in [0.25, 0.3) is 0 Å². The quantitative estimate of drug-likeness (QED) is 0.539. The van der Waals surface area contributed by atoms with Crippen LogP contribution < -0.4 is 0 Å². The molecule has 72 valence electrons. The highest BCUT2D eigenvalue weighted by molar-refractivity contribution is 6.01. The summed E-state index contributed by atoms with van der Waals surface area (Å²) in [6, 6.07) is 5.27. The van der Waals surface area contributed by atoms with Crippen LogP contribution >= 0.6 is 0 Å². The van der Waals surface area contributed by atoms with Gasteiger partial charge in [0.25, 0.3) is 0 Å². The van der Waals surface area contributed by atoms with Crippen molar-refractivity contribution in [2.45, 2.75) is 19.8 Å². The molecule has 2 nitrogen and oxygen atoms in total. The van der Waals surface area contributed by atoms with E-state index in [1.54, 1.807) is 12.1 Å². The molecule has 1 aliphatic rings. The molecular weight excluding hydrogens is 176 g/mol. The number of carbonyl (C=O) groups is 2. The van der Waals surface area contributed by atoms with Crippen molar-refractivity contribution in [2.75, 3.05) is 0 Å². The Morgan fingerprint density at radius 1 is 1.43 bits per heavy atom. The maximum Gasteiger partial charge on any atom is 0.166 e. The van der Waals surface area contributed by atoms with Crippen molar-refractivity contribution >= 4 is 12.1 Å². The molecule has 0 heterocycles. The lowest BCUT2D eigenvalue weighted by atomic mass is 9.99. The Hall–Kier alpha value is -1.44. The Morgan fingerprint density at radius 2 is 2.14 bits per heavy atom. The van der Waals surface area contributed by atoms with Gasteiger partial charge in [0.05, 0.1) is 0 Å². The van der Waals surface area contributed by atoms with Crippen molar-refractivity contribution in [1.82, 2.24) is 0 Å². The number of hydrogen-bond donors (Lipinski definition) is 0. The van der Waals surface area contributed by atoms with E-state index in [-0.39, 0.29) is 11.7 Å². The fourth-order valence-corrected chi connectivity index (χ4v) is 1.54. The largest absolute Gasteiger partial charge is 0.298 e. The molecule has 2 heteroatoms. The number of aryl methyl sites for hydroxylation is 1. The predicted octanol–water partition coefficient (Wildman–Crippen LogP) is 2.40. The van der Waals surface area contributed by atoms with E-state index in [0.29, 0.717) is 5.56 Å². The molecule has 0 saturated heterocycles. The zero-order valence-electron chi connectivity index (χ0n) is 8.12. The summed E-state index contributed by atoms with van der Waals surface area (Å²) >= 11 is 0. The predicted molar refractivity (Wildman–Crippen MR) is 53.6 cm³/mol. The molecule has 1 aliphatic carbocycles. The Balaban J connectivity index is 2.38. The van der Waals surface area contributed by atoms with Crippen LogP contribution in [0.2, 0.25) is 0 Å². The van der Waals surface area contributed by atoms with Crippen molar-refractivity contribution in [3.8, 4) is 0 Å². The van der Waals surface area contributed by atoms with E-state index in [4.69, 9.17) is 0 Å². The summed E-state index contributed by atoms with van der Waals surface area (Å²) in [6.07, 6.45) is 2.79. The number of ketones is 1. The Bertz CT molecular complexity index is 389. The van der Waals surface area contributed by atoms with Crippen molar-refractivity contribution in [3.63, 3.8) is 0 Å². The standard InChI is InChI=1S/C12H12O2/c1-8-2-3-9(7-13)6-11(8)12(14)10-4-5-10/h2-3,6-7,10H,4-5H2,1H3. The second-order valence-corrected chi connectivity index (χ2v) is 3.83. The number of aldehydes is 1. The number of rotatable bonds is 3. The first-order valence-corrected chi connectivity index (χ1v) is 4.82. The first-order chi connectivity index (χ1) is 6.72. The second-order valence-electron chi connectivity index (χ2n) is 3.83. The van der Waals surface area contributed by atoms with Crippen LogP contribution in [0.4, 0.5) is 0 Å². The summed E-state index contributed by atoms with van der Waals surface area (Å²) in [5.74, 6) is 0.418. The molecule has 1 aromatic carbocycles. The van der Waals surface area contributed by atoms with E-state index in [9.17, 15) is 9.59 Å².